The van der Waals surface area contributed by atoms with Gasteiger partial charge in [-0.1, -0.05) is 31.2 Å². The number of aryl methyl sites for hydroxylation is 1. The number of carbonyl (C=O) groups excluding carboxylic acids is 1. The van der Waals surface area contributed by atoms with Crippen LogP contribution in [-0.2, 0) is 19.1 Å². The van der Waals surface area contributed by atoms with Crippen LogP contribution in [-0.4, -0.2) is 10.5 Å². The standard InChI is InChI=1S/C22H19F3N2O2/c1-2-15-7-11-18(12-8-15)26-20(28)19-4-3-13-27(21(19)29)14-16-5-9-17(10-6-16)22(23,24)25/h3-13H,2,14H2,1H3,(H,26,28). The van der Waals surface area contributed by atoms with E-state index in [1.165, 1.54) is 29.0 Å². The Hall–Kier alpha value is -3.35. The first-order valence-electron chi connectivity index (χ1n) is 9.04. The molecule has 0 spiro atoms. The number of hydrogen-bond acceptors (Lipinski definition) is 2. The molecule has 0 aliphatic rings. The maximum atomic E-state index is 12.7. The molecule has 2 aromatic carbocycles. The molecule has 0 unspecified atom stereocenters. The molecule has 0 atom stereocenters. The van der Waals surface area contributed by atoms with Crippen LogP contribution >= 0.6 is 0 Å². The monoisotopic (exact) mass is 400 g/mol. The van der Waals surface area contributed by atoms with E-state index in [-0.39, 0.29) is 12.1 Å². The summed E-state index contributed by atoms with van der Waals surface area (Å²) >= 11 is 0. The number of benzene rings is 2. The van der Waals surface area contributed by atoms with Crippen molar-refractivity contribution >= 4 is 11.6 Å². The SMILES string of the molecule is CCc1ccc(NC(=O)c2cccn(Cc3ccc(C(F)(F)F)cc3)c2=O)cc1. The number of halogens is 3. The van der Waals surface area contributed by atoms with Crippen molar-refractivity contribution < 1.29 is 18.0 Å². The summed E-state index contributed by atoms with van der Waals surface area (Å²) in [6.07, 6.45) is -2.04. The van der Waals surface area contributed by atoms with Crippen molar-refractivity contribution in [2.24, 2.45) is 0 Å². The average Bonchev–Trinajstić information content (AvgIpc) is 2.70. The van der Waals surface area contributed by atoms with Crippen LogP contribution in [0.2, 0.25) is 0 Å². The Morgan fingerprint density at radius 2 is 1.59 bits per heavy atom. The third-order valence-electron chi connectivity index (χ3n) is 4.52. The number of hydrogen-bond donors (Lipinski definition) is 1. The third-order valence-corrected chi connectivity index (χ3v) is 4.52. The van der Waals surface area contributed by atoms with Crippen LogP contribution in [0.15, 0.2) is 71.7 Å². The van der Waals surface area contributed by atoms with Crippen LogP contribution in [0.5, 0.6) is 0 Å². The maximum absolute atomic E-state index is 12.7. The lowest BCUT2D eigenvalue weighted by atomic mass is 10.1. The largest absolute Gasteiger partial charge is 0.416 e. The predicted molar refractivity (Wildman–Crippen MR) is 105 cm³/mol. The van der Waals surface area contributed by atoms with Gasteiger partial charge < -0.3 is 9.88 Å². The lowest BCUT2D eigenvalue weighted by molar-refractivity contribution is -0.137. The zero-order valence-corrected chi connectivity index (χ0v) is 15.7. The highest BCUT2D eigenvalue weighted by Crippen LogP contribution is 2.29. The van der Waals surface area contributed by atoms with Gasteiger partial charge >= 0.3 is 6.18 Å². The fourth-order valence-electron chi connectivity index (χ4n) is 2.85. The summed E-state index contributed by atoms with van der Waals surface area (Å²) < 4.78 is 39.3. The van der Waals surface area contributed by atoms with Crippen molar-refractivity contribution in [3.05, 3.63) is 99.5 Å². The molecule has 3 rings (SSSR count). The van der Waals surface area contributed by atoms with Gasteiger partial charge in [0, 0.05) is 11.9 Å². The molecule has 29 heavy (non-hydrogen) atoms. The quantitative estimate of drug-likeness (QED) is 0.673. The number of amides is 1. The molecule has 0 fully saturated rings. The van der Waals surface area contributed by atoms with E-state index < -0.39 is 23.2 Å². The molecular formula is C22H19F3N2O2. The molecule has 3 aromatic rings. The van der Waals surface area contributed by atoms with Crippen molar-refractivity contribution in [3.63, 3.8) is 0 Å². The second-order valence-corrected chi connectivity index (χ2v) is 6.55. The van der Waals surface area contributed by atoms with E-state index in [2.05, 4.69) is 5.32 Å². The van der Waals surface area contributed by atoms with Crippen LogP contribution in [0.3, 0.4) is 0 Å². The van der Waals surface area contributed by atoms with E-state index >= 15 is 0 Å². The first-order valence-corrected chi connectivity index (χ1v) is 9.04. The fraction of sp³-hybridized carbons (Fsp3) is 0.182. The van der Waals surface area contributed by atoms with Gasteiger partial charge in [-0.2, -0.15) is 13.2 Å². The minimum Gasteiger partial charge on any atom is -0.322 e. The Kier molecular flexibility index (Phi) is 5.87. The van der Waals surface area contributed by atoms with Crippen LogP contribution in [0.1, 0.15) is 34.0 Å². The highest BCUT2D eigenvalue weighted by molar-refractivity contribution is 6.03. The molecule has 1 amide bonds. The van der Waals surface area contributed by atoms with E-state index in [1.54, 1.807) is 18.2 Å². The highest BCUT2D eigenvalue weighted by Gasteiger charge is 2.29. The number of alkyl halides is 3. The smallest absolute Gasteiger partial charge is 0.322 e. The summed E-state index contributed by atoms with van der Waals surface area (Å²) in [5, 5.41) is 2.69. The van der Waals surface area contributed by atoms with E-state index in [0.717, 1.165) is 24.1 Å². The van der Waals surface area contributed by atoms with E-state index in [4.69, 9.17) is 0 Å². The van der Waals surface area contributed by atoms with E-state index in [1.807, 2.05) is 19.1 Å². The van der Waals surface area contributed by atoms with Gasteiger partial charge in [-0.25, -0.2) is 0 Å². The molecule has 1 aromatic heterocycles. The number of nitrogens with one attached hydrogen (secondary N) is 1. The minimum absolute atomic E-state index is 0.0426. The van der Waals surface area contributed by atoms with Gasteiger partial charge in [-0.05, 0) is 53.9 Å². The topological polar surface area (TPSA) is 51.1 Å². The summed E-state index contributed by atoms with van der Waals surface area (Å²) in [6, 6.07) is 14.9. The van der Waals surface area contributed by atoms with Crippen LogP contribution in [0, 0.1) is 0 Å². The molecule has 150 valence electrons. The van der Waals surface area contributed by atoms with Gasteiger partial charge in [0.15, 0.2) is 0 Å². The first-order chi connectivity index (χ1) is 13.8. The number of anilines is 1. The molecule has 0 bridgehead atoms. The Bertz CT molecular complexity index is 1050. The van der Waals surface area contributed by atoms with Gasteiger partial charge in [0.1, 0.15) is 5.56 Å². The first kappa shape index (κ1) is 20.4. The highest BCUT2D eigenvalue weighted by atomic mass is 19.4. The second-order valence-electron chi connectivity index (χ2n) is 6.55. The number of aromatic nitrogens is 1. The maximum Gasteiger partial charge on any atom is 0.416 e. The Balaban J connectivity index is 1.78. The molecule has 0 aliphatic carbocycles. The van der Waals surface area contributed by atoms with Crippen LogP contribution in [0.4, 0.5) is 18.9 Å². The number of nitrogens with zero attached hydrogens (tertiary/aromatic N) is 1. The lowest BCUT2D eigenvalue weighted by Gasteiger charge is -2.11. The van der Waals surface area contributed by atoms with Gasteiger partial charge in [-0.3, -0.25) is 9.59 Å². The van der Waals surface area contributed by atoms with Crippen LogP contribution in [0.25, 0.3) is 0 Å². The molecule has 7 heteroatoms. The third kappa shape index (κ3) is 4.93. The minimum atomic E-state index is -4.41. The molecule has 4 nitrogen and oxygen atoms in total. The Morgan fingerprint density at radius 1 is 0.966 bits per heavy atom. The summed E-state index contributed by atoms with van der Waals surface area (Å²) in [5.74, 6) is -0.541. The average molecular weight is 400 g/mol. The van der Waals surface area contributed by atoms with Crippen LogP contribution < -0.4 is 10.9 Å². The summed E-state index contributed by atoms with van der Waals surface area (Å²) in [5.41, 5.74) is 0.907. The van der Waals surface area contributed by atoms with Crippen molar-refractivity contribution in [2.75, 3.05) is 5.32 Å². The van der Waals surface area contributed by atoms with Crippen molar-refractivity contribution in [1.82, 2.24) is 4.57 Å². The summed E-state index contributed by atoms with van der Waals surface area (Å²) in [6.45, 7) is 2.08. The predicted octanol–water partition coefficient (Wildman–Crippen LogP) is 4.73. The Morgan fingerprint density at radius 3 is 2.17 bits per heavy atom. The second kappa shape index (κ2) is 8.34. The van der Waals surface area contributed by atoms with Crippen molar-refractivity contribution in [1.29, 1.82) is 0 Å². The lowest BCUT2D eigenvalue weighted by Crippen LogP contribution is -2.29. The van der Waals surface area contributed by atoms with Gasteiger partial charge in [-0.15, -0.1) is 0 Å². The molecule has 1 N–H and O–H groups in total. The summed E-state index contributed by atoms with van der Waals surface area (Å²) in [4.78, 5) is 25.2. The molecular weight excluding hydrogens is 381 g/mol. The van der Waals surface area contributed by atoms with Gasteiger partial charge in [0.05, 0.1) is 12.1 Å². The van der Waals surface area contributed by atoms with Crippen molar-refractivity contribution in [2.45, 2.75) is 26.1 Å². The fourth-order valence-corrected chi connectivity index (χ4v) is 2.85. The normalized spacial score (nSPS) is 11.3. The zero-order valence-electron chi connectivity index (χ0n) is 15.7. The molecule has 0 saturated heterocycles. The van der Waals surface area contributed by atoms with E-state index in [0.29, 0.717) is 11.3 Å². The Labute approximate surface area is 165 Å². The van der Waals surface area contributed by atoms with Gasteiger partial charge in [0.25, 0.3) is 11.5 Å². The van der Waals surface area contributed by atoms with Crippen molar-refractivity contribution in [3.8, 4) is 0 Å². The molecule has 0 aliphatic heterocycles. The molecule has 0 radical (unpaired) electrons. The zero-order chi connectivity index (χ0) is 21.0. The molecule has 1 heterocycles. The molecule has 0 saturated carbocycles. The number of pyridine rings is 1. The number of carbonyl (C=O) groups is 1. The summed E-state index contributed by atoms with van der Waals surface area (Å²) in [7, 11) is 0. The van der Waals surface area contributed by atoms with Gasteiger partial charge in [0.2, 0.25) is 0 Å². The number of rotatable bonds is 5. The van der Waals surface area contributed by atoms with E-state index in [9.17, 15) is 22.8 Å².